The van der Waals surface area contributed by atoms with Crippen molar-refractivity contribution in [2.75, 3.05) is 24.6 Å². The van der Waals surface area contributed by atoms with Crippen molar-refractivity contribution >= 4 is 40.2 Å². The van der Waals surface area contributed by atoms with Crippen LogP contribution in [0.25, 0.3) is 11.6 Å². The van der Waals surface area contributed by atoms with Crippen molar-refractivity contribution < 1.29 is 14.3 Å². The van der Waals surface area contributed by atoms with Gasteiger partial charge < -0.3 is 9.64 Å². The van der Waals surface area contributed by atoms with E-state index in [1.54, 1.807) is 0 Å². The third-order valence-corrected chi connectivity index (χ3v) is 7.35. The molecule has 2 heterocycles. The fourth-order valence-electron chi connectivity index (χ4n) is 4.70. The van der Waals surface area contributed by atoms with Crippen LogP contribution < -0.4 is 9.64 Å². The van der Waals surface area contributed by atoms with E-state index in [1.165, 1.54) is 21.7 Å². The number of anilines is 1. The first-order valence-electron chi connectivity index (χ1n) is 11.7. The van der Waals surface area contributed by atoms with Crippen molar-refractivity contribution in [3.8, 4) is 5.75 Å². The topological polar surface area (TPSA) is 49.9 Å². The molecular weight excluding hydrogens is 444 g/mol. The molecule has 0 aliphatic carbocycles. The Morgan fingerprint density at radius 2 is 1.76 bits per heavy atom. The van der Waals surface area contributed by atoms with Gasteiger partial charge >= 0.3 is 0 Å². The molecule has 2 aromatic carbocycles. The number of aryl methyl sites for hydroxylation is 2. The van der Waals surface area contributed by atoms with Gasteiger partial charge in [-0.05, 0) is 100 Å². The lowest BCUT2D eigenvalue weighted by Crippen LogP contribution is -2.44. The van der Waals surface area contributed by atoms with Crippen molar-refractivity contribution in [3.63, 3.8) is 0 Å². The number of hydrogen-bond donors (Lipinski definition) is 0. The smallest absolute Gasteiger partial charge is 0.293 e. The third-order valence-electron chi connectivity index (χ3n) is 6.45. The lowest BCUT2D eigenvalue weighted by molar-refractivity contribution is -0.123. The van der Waals surface area contributed by atoms with Crippen LogP contribution in [0.3, 0.4) is 0 Å². The van der Waals surface area contributed by atoms with Crippen molar-refractivity contribution in [2.24, 2.45) is 0 Å². The van der Waals surface area contributed by atoms with E-state index in [9.17, 15) is 9.59 Å². The predicted molar refractivity (Wildman–Crippen MR) is 141 cm³/mol. The van der Waals surface area contributed by atoms with E-state index in [2.05, 4.69) is 57.7 Å². The molecule has 0 N–H and O–H groups in total. The van der Waals surface area contributed by atoms with Gasteiger partial charge in [-0.15, -0.1) is 0 Å². The number of benzene rings is 2. The van der Waals surface area contributed by atoms with Crippen LogP contribution >= 0.6 is 11.8 Å². The van der Waals surface area contributed by atoms with E-state index < -0.39 is 0 Å². The summed E-state index contributed by atoms with van der Waals surface area (Å²) in [6, 6.07) is 12.1. The van der Waals surface area contributed by atoms with Crippen LogP contribution in [0.15, 0.2) is 47.4 Å². The summed E-state index contributed by atoms with van der Waals surface area (Å²) in [5.74, 6) is 0.466. The highest BCUT2D eigenvalue weighted by Gasteiger charge is 2.35. The monoisotopic (exact) mass is 476 g/mol. The molecule has 4 rings (SSSR count). The molecule has 0 saturated carbocycles. The van der Waals surface area contributed by atoms with Crippen LogP contribution in [0.1, 0.15) is 49.9 Å². The van der Waals surface area contributed by atoms with Gasteiger partial charge in [0.1, 0.15) is 12.4 Å². The van der Waals surface area contributed by atoms with E-state index in [-0.39, 0.29) is 29.8 Å². The Bertz CT molecular complexity index is 1190. The minimum absolute atomic E-state index is 0.0525. The zero-order chi connectivity index (χ0) is 24.6. The molecule has 1 saturated heterocycles. The highest BCUT2D eigenvalue weighted by molar-refractivity contribution is 8.18. The molecule has 0 bridgehead atoms. The highest BCUT2D eigenvalue weighted by atomic mass is 32.2. The predicted octanol–water partition coefficient (Wildman–Crippen LogP) is 6.44. The number of hydrogen-bond acceptors (Lipinski definition) is 5. The van der Waals surface area contributed by atoms with Crippen LogP contribution in [0, 0.1) is 13.8 Å². The zero-order valence-corrected chi connectivity index (χ0v) is 21.6. The van der Waals surface area contributed by atoms with Gasteiger partial charge in [-0.3, -0.25) is 14.5 Å². The molecule has 178 valence electrons. The summed E-state index contributed by atoms with van der Waals surface area (Å²) >= 11 is 0.994. The highest BCUT2D eigenvalue weighted by Crippen LogP contribution is 2.41. The maximum atomic E-state index is 13.0. The molecule has 5 nitrogen and oxygen atoms in total. The maximum absolute atomic E-state index is 13.0. The number of carbonyl (C=O) groups is 2. The Labute approximate surface area is 206 Å². The van der Waals surface area contributed by atoms with Gasteiger partial charge in [-0.1, -0.05) is 23.8 Å². The number of rotatable bonds is 6. The normalized spacial score (nSPS) is 18.4. The first-order chi connectivity index (χ1) is 16.1. The number of fused-ring (bicyclic) bond motifs is 1. The minimum atomic E-state index is -0.261. The number of carbonyl (C=O) groups excluding carboxylic acids is 2. The number of nitrogens with zero attached hydrogens (tertiary/aromatic N) is 2. The van der Waals surface area contributed by atoms with Crippen LogP contribution in [-0.2, 0) is 4.79 Å². The molecule has 2 aromatic rings. The number of imide groups is 1. The summed E-state index contributed by atoms with van der Waals surface area (Å²) in [5.41, 5.74) is 6.75. The first kappa shape index (κ1) is 24.1. The maximum Gasteiger partial charge on any atom is 0.293 e. The van der Waals surface area contributed by atoms with Gasteiger partial charge in [0.25, 0.3) is 11.1 Å². The zero-order valence-electron chi connectivity index (χ0n) is 20.8. The second-order valence-electron chi connectivity index (χ2n) is 9.45. The molecule has 0 atom stereocenters. The third kappa shape index (κ3) is 4.64. The second-order valence-corrected chi connectivity index (χ2v) is 10.4. The molecular formula is C28H32N2O3S. The van der Waals surface area contributed by atoms with Gasteiger partial charge in [0.2, 0.25) is 0 Å². The quantitative estimate of drug-likeness (QED) is 0.449. The van der Waals surface area contributed by atoms with Gasteiger partial charge in [0.15, 0.2) is 0 Å². The Balaban J connectivity index is 1.53. The first-order valence-corrected chi connectivity index (χ1v) is 12.5. The van der Waals surface area contributed by atoms with Crippen LogP contribution in [-0.4, -0.2) is 41.3 Å². The SMILES string of the molecule is CCN1c2cc(C)c(/C=C3/SC(=O)N(CCOc4ccc(C)cc4)C3=O)cc2C(C)=CC1(C)C. The molecule has 2 amide bonds. The molecule has 34 heavy (non-hydrogen) atoms. The molecule has 2 aliphatic rings. The summed E-state index contributed by atoms with van der Waals surface area (Å²) in [6.07, 6.45) is 4.14. The Hall–Kier alpha value is -2.99. The number of thioether (sulfide) groups is 1. The second kappa shape index (κ2) is 9.34. The average molecular weight is 477 g/mol. The van der Waals surface area contributed by atoms with E-state index in [4.69, 9.17) is 4.74 Å². The largest absolute Gasteiger partial charge is 0.492 e. The number of amides is 2. The van der Waals surface area contributed by atoms with Crippen molar-refractivity contribution in [3.05, 3.63) is 69.6 Å². The van der Waals surface area contributed by atoms with Crippen molar-refractivity contribution in [2.45, 2.75) is 47.1 Å². The number of allylic oxidation sites excluding steroid dienone is 1. The average Bonchev–Trinajstić information content (AvgIpc) is 3.03. The summed E-state index contributed by atoms with van der Waals surface area (Å²) in [4.78, 5) is 29.7. The number of ether oxygens (including phenoxy) is 1. The molecule has 2 aliphatic heterocycles. The molecule has 0 radical (unpaired) electrons. The molecule has 6 heteroatoms. The molecule has 0 aromatic heterocycles. The summed E-state index contributed by atoms with van der Waals surface area (Å²) in [6.45, 7) is 14.2. The van der Waals surface area contributed by atoms with E-state index in [0.29, 0.717) is 4.91 Å². The molecule has 0 spiro atoms. The van der Waals surface area contributed by atoms with Gasteiger partial charge in [-0.2, -0.15) is 0 Å². The minimum Gasteiger partial charge on any atom is -0.492 e. The lowest BCUT2D eigenvalue weighted by atomic mass is 9.87. The van der Waals surface area contributed by atoms with Crippen LogP contribution in [0.2, 0.25) is 0 Å². The Kier molecular flexibility index (Phi) is 6.63. The van der Waals surface area contributed by atoms with Gasteiger partial charge in [0.05, 0.1) is 17.0 Å². The van der Waals surface area contributed by atoms with Crippen molar-refractivity contribution in [1.82, 2.24) is 4.90 Å². The van der Waals surface area contributed by atoms with E-state index in [0.717, 1.165) is 40.7 Å². The summed E-state index contributed by atoms with van der Waals surface area (Å²) in [7, 11) is 0. The molecule has 1 fully saturated rings. The van der Waals surface area contributed by atoms with Crippen LogP contribution in [0.4, 0.5) is 10.5 Å². The summed E-state index contributed by atoms with van der Waals surface area (Å²) in [5, 5.41) is -0.255. The summed E-state index contributed by atoms with van der Waals surface area (Å²) < 4.78 is 5.72. The van der Waals surface area contributed by atoms with Gasteiger partial charge in [0, 0.05) is 17.8 Å². The van der Waals surface area contributed by atoms with E-state index in [1.807, 2.05) is 37.3 Å². The standard InChI is InChI=1S/C28H32N2O3S/c1-7-30-24-14-19(3)21(15-23(24)20(4)17-28(30,5)6)16-25-26(31)29(27(32)34-25)12-13-33-22-10-8-18(2)9-11-22/h8-11,14-17H,7,12-13H2,1-6H3/b25-16+. The van der Waals surface area contributed by atoms with Crippen LogP contribution in [0.5, 0.6) is 5.75 Å². The molecule has 0 unspecified atom stereocenters. The van der Waals surface area contributed by atoms with Gasteiger partial charge in [-0.25, -0.2) is 0 Å². The van der Waals surface area contributed by atoms with E-state index >= 15 is 0 Å². The van der Waals surface area contributed by atoms with Crippen molar-refractivity contribution in [1.29, 1.82) is 0 Å². The fraction of sp³-hybridized carbons (Fsp3) is 0.357. The lowest BCUT2D eigenvalue weighted by Gasteiger charge is -2.43. The Morgan fingerprint density at radius 3 is 2.44 bits per heavy atom. The Morgan fingerprint density at radius 1 is 1.06 bits per heavy atom. The number of likely N-dealkylation sites (N-methyl/N-ethyl adjacent to an activating group) is 1. The fourth-order valence-corrected chi connectivity index (χ4v) is 5.56.